The van der Waals surface area contributed by atoms with Crippen LogP contribution >= 0.6 is 0 Å². The van der Waals surface area contributed by atoms with Crippen molar-refractivity contribution >= 4 is 12.6 Å². The summed E-state index contributed by atoms with van der Waals surface area (Å²) in [5.41, 5.74) is 1.99. The zero-order valence-electron chi connectivity index (χ0n) is 11.5. The van der Waals surface area contributed by atoms with Gasteiger partial charge in [-0.25, -0.2) is 0 Å². The van der Waals surface area contributed by atoms with E-state index in [1.165, 1.54) is 6.07 Å². The Kier molecular flexibility index (Phi) is 3.67. The Morgan fingerprint density at radius 1 is 0.857 bits per heavy atom. The van der Waals surface area contributed by atoms with Crippen molar-refractivity contribution in [2.45, 2.75) is 13.8 Å². The fourth-order valence-corrected chi connectivity index (χ4v) is 2.36. The molecule has 0 atom stereocenters. The van der Waals surface area contributed by atoms with Crippen LogP contribution in [0.4, 0.5) is 0 Å². The van der Waals surface area contributed by atoms with Crippen LogP contribution in [0.2, 0.25) is 0 Å². The minimum Gasteiger partial charge on any atom is -0.504 e. The molecule has 2 rings (SSSR count). The summed E-state index contributed by atoms with van der Waals surface area (Å²) in [5.74, 6) is -1.65. The fraction of sp³-hybridized carbons (Fsp3) is 0.125. The Labute approximate surface area is 121 Å². The largest absolute Gasteiger partial charge is 0.504 e. The van der Waals surface area contributed by atoms with E-state index < -0.39 is 17.2 Å². The predicted octanol–water partition coefficient (Wildman–Crippen LogP) is 2.71. The van der Waals surface area contributed by atoms with Crippen LogP contribution in [0.5, 0.6) is 17.2 Å². The van der Waals surface area contributed by atoms with Gasteiger partial charge in [-0.1, -0.05) is 12.1 Å². The summed E-state index contributed by atoms with van der Waals surface area (Å²) >= 11 is 0. The third-order valence-corrected chi connectivity index (χ3v) is 3.46. The normalized spacial score (nSPS) is 10.4. The van der Waals surface area contributed by atoms with Crippen molar-refractivity contribution < 1.29 is 24.9 Å². The van der Waals surface area contributed by atoms with Gasteiger partial charge in [0.25, 0.3) is 0 Å². The van der Waals surface area contributed by atoms with Crippen molar-refractivity contribution in [1.82, 2.24) is 0 Å². The third-order valence-electron chi connectivity index (χ3n) is 3.46. The van der Waals surface area contributed by atoms with Crippen molar-refractivity contribution in [2.24, 2.45) is 0 Å². The molecule has 0 amide bonds. The van der Waals surface area contributed by atoms with Crippen molar-refractivity contribution in [3.8, 4) is 28.4 Å². The molecule has 0 fully saturated rings. The van der Waals surface area contributed by atoms with Gasteiger partial charge >= 0.3 is 0 Å². The fourth-order valence-electron chi connectivity index (χ4n) is 2.36. The van der Waals surface area contributed by atoms with E-state index >= 15 is 0 Å². The first kappa shape index (κ1) is 14.6. The number of carbonyl (C=O) groups is 2. The number of aldehydes is 2. The van der Waals surface area contributed by atoms with Crippen molar-refractivity contribution in [1.29, 1.82) is 0 Å². The number of aryl methyl sites for hydroxylation is 2. The summed E-state index contributed by atoms with van der Waals surface area (Å²) in [5, 5.41) is 29.2. The second-order valence-electron chi connectivity index (χ2n) is 4.78. The lowest BCUT2D eigenvalue weighted by molar-refractivity contribution is 0.109. The molecule has 5 heteroatoms. The summed E-state index contributed by atoms with van der Waals surface area (Å²) < 4.78 is 0. The molecule has 2 aromatic rings. The van der Waals surface area contributed by atoms with Crippen molar-refractivity contribution in [3.63, 3.8) is 0 Å². The minimum absolute atomic E-state index is 0.133. The Balaban J connectivity index is 2.89. The summed E-state index contributed by atoms with van der Waals surface area (Å²) in [4.78, 5) is 22.5. The third kappa shape index (κ3) is 2.23. The van der Waals surface area contributed by atoms with Gasteiger partial charge in [0.1, 0.15) is 0 Å². The number of carbonyl (C=O) groups excluding carboxylic acids is 2. The minimum atomic E-state index is -0.666. The lowest BCUT2D eigenvalue weighted by Crippen LogP contribution is -1.99. The Morgan fingerprint density at radius 2 is 1.48 bits per heavy atom. The molecule has 0 unspecified atom stereocenters. The van der Waals surface area contributed by atoms with E-state index in [2.05, 4.69) is 0 Å². The topological polar surface area (TPSA) is 94.8 Å². The lowest BCUT2D eigenvalue weighted by Gasteiger charge is -2.15. The first-order valence-electron chi connectivity index (χ1n) is 6.21. The highest BCUT2D eigenvalue weighted by atomic mass is 16.3. The van der Waals surface area contributed by atoms with Crippen LogP contribution < -0.4 is 0 Å². The van der Waals surface area contributed by atoms with Crippen LogP contribution in [0.25, 0.3) is 11.1 Å². The maximum atomic E-state index is 11.4. The lowest BCUT2D eigenvalue weighted by atomic mass is 9.90. The first-order chi connectivity index (χ1) is 9.92. The highest BCUT2D eigenvalue weighted by Crippen LogP contribution is 2.45. The zero-order valence-corrected chi connectivity index (χ0v) is 11.5. The molecule has 0 aliphatic rings. The molecule has 21 heavy (non-hydrogen) atoms. The van der Waals surface area contributed by atoms with Crippen LogP contribution in [0, 0.1) is 13.8 Å². The summed E-state index contributed by atoms with van der Waals surface area (Å²) in [6.45, 7) is 3.31. The molecular formula is C16H14O5. The molecule has 0 spiro atoms. The van der Waals surface area contributed by atoms with Crippen LogP contribution in [-0.2, 0) is 0 Å². The van der Waals surface area contributed by atoms with Gasteiger partial charge in [0.15, 0.2) is 24.1 Å². The molecule has 0 heterocycles. The van der Waals surface area contributed by atoms with Crippen LogP contribution in [0.1, 0.15) is 31.8 Å². The number of phenols is 3. The number of rotatable bonds is 3. The molecule has 5 nitrogen and oxygen atoms in total. The van der Waals surface area contributed by atoms with Gasteiger partial charge in [0, 0.05) is 16.7 Å². The first-order valence-corrected chi connectivity index (χ1v) is 6.21. The SMILES string of the molecule is Cc1ccc(-c2c(C)cc(O)c(O)c2O)c(C=O)c1C=O. The quantitative estimate of drug-likeness (QED) is 0.595. The van der Waals surface area contributed by atoms with Crippen LogP contribution in [-0.4, -0.2) is 27.9 Å². The summed E-state index contributed by atoms with van der Waals surface area (Å²) in [6.07, 6.45) is 1.12. The van der Waals surface area contributed by atoms with Gasteiger partial charge in [-0.2, -0.15) is 0 Å². The van der Waals surface area contributed by atoms with E-state index in [1.807, 2.05) is 0 Å². The molecule has 3 N–H and O–H groups in total. The molecule has 0 radical (unpaired) electrons. The molecule has 0 saturated carbocycles. The van der Waals surface area contributed by atoms with E-state index in [9.17, 15) is 24.9 Å². The maximum Gasteiger partial charge on any atom is 0.200 e. The molecule has 0 aliphatic heterocycles. The summed E-state index contributed by atoms with van der Waals surface area (Å²) in [7, 11) is 0. The van der Waals surface area contributed by atoms with E-state index in [0.29, 0.717) is 29.3 Å². The smallest absolute Gasteiger partial charge is 0.200 e. The average molecular weight is 286 g/mol. The molecule has 108 valence electrons. The number of aromatic hydroxyl groups is 3. The molecule has 2 aromatic carbocycles. The van der Waals surface area contributed by atoms with E-state index in [4.69, 9.17) is 0 Å². The molecule has 0 saturated heterocycles. The molecular weight excluding hydrogens is 272 g/mol. The van der Waals surface area contributed by atoms with Gasteiger partial charge in [0.2, 0.25) is 5.75 Å². The van der Waals surface area contributed by atoms with Crippen LogP contribution in [0.15, 0.2) is 18.2 Å². The van der Waals surface area contributed by atoms with E-state index in [-0.39, 0.29) is 16.7 Å². The van der Waals surface area contributed by atoms with Gasteiger partial charge in [-0.3, -0.25) is 9.59 Å². The van der Waals surface area contributed by atoms with Crippen LogP contribution in [0.3, 0.4) is 0 Å². The van der Waals surface area contributed by atoms with Gasteiger partial charge in [-0.05, 0) is 36.6 Å². The number of phenolic OH excluding ortho intramolecular Hbond substituents is 3. The Hall–Kier alpha value is -2.82. The molecule has 0 aliphatic carbocycles. The average Bonchev–Trinajstić information content (AvgIpc) is 2.45. The Bertz CT molecular complexity index is 747. The highest BCUT2D eigenvalue weighted by Gasteiger charge is 2.20. The number of hydrogen-bond donors (Lipinski definition) is 3. The number of hydrogen-bond acceptors (Lipinski definition) is 5. The number of benzene rings is 2. The molecule has 0 aromatic heterocycles. The van der Waals surface area contributed by atoms with Gasteiger partial charge in [0.05, 0.1) is 0 Å². The Morgan fingerprint density at radius 3 is 2.05 bits per heavy atom. The van der Waals surface area contributed by atoms with E-state index in [0.717, 1.165) is 0 Å². The second kappa shape index (κ2) is 5.28. The van der Waals surface area contributed by atoms with Crippen molar-refractivity contribution in [2.75, 3.05) is 0 Å². The second-order valence-corrected chi connectivity index (χ2v) is 4.78. The molecule has 0 bridgehead atoms. The van der Waals surface area contributed by atoms with Gasteiger partial charge < -0.3 is 15.3 Å². The predicted molar refractivity (Wildman–Crippen MR) is 77.1 cm³/mol. The highest BCUT2D eigenvalue weighted by molar-refractivity contribution is 6.00. The standard InChI is InChI=1S/C16H14O5/c1-8-3-4-10(12(7-18)11(8)6-17)14-9(2)5-13(19)15(20)16(14)21/h3-7,19-21H,1-2H3. The van der Waals surface area contributed by atoms with Gasteiger partial charge in [-0.15, -0.1) is 0 Å². The monoisotopic (exact) mass is 286 g/mol. The summed E-state index contributed by atoms with van der Waals surface area (Å²) in [6, 6.07) is 4.51. The maximum absolute atomic E-state index is 11.4. The zero-order chi connectivity index (χ0) is 15.7. The van der Waals surface area contributed by atoms with E-state index in [1.54, 1.807) is 26.0 Å². The van der Waals surface area contributed by atoms with Crippen molar-refractivity contribution in [3.05, 3.63) is 40.5 Å².